The van der Waals surface area contributed by atoms with Gasteiger partial charge in [0.05, 0.1) is 12.7 Å². The summed E-state index contributed by atoms with van der Waals surface area (Å²) in [5.74, 6) is 1.12. The lowest BCUT2D eigenvalue weighted by molar-refractivity contribution is -0.136. The van der Waals surface area contributed by atoms with Crippen LogP contribution in [0.15, 0.2) is 59.7 Å². The van der Waals surface area contributed by atoms with Gasteiger partial charge in [0.2, 0.25) is 12.5 Å². The molecule has 178 valence electrons. The number of benzene rings is 3. The Labute approximate surface area is 202 Å². The molecule has 0 saturated heterocycles. The lowest BCUT2D eigenvalue weighted by Crippen LogP contribution is -2.18. The number of carbonyl (C=O) groups excluding carboxylic acids is 1. The number of ether oxygens (including phenoxy) is 5. The van der Waals surface area contributed by atoms with Crippen molar-refractivity contribution in [3.63, 3.8) is 0 Å². The van der Waals surface area contributed by atoms with Gasteiger partial charge < -0.3 is 28.8 Å². The van der Waals surface area contributed by atoms with Gasteiger partial charge in [-0.1, -0.05) is 29.8 Å². The largest absolute Gasteiger partial charge is 0.504 e. The van der Waals surface area contributed by atoms with Gasteiger partial charge in [0, 0.05) is 5.92 Å². The molecule has 3 aromatic carbocycles. The number of cyclic esters (lactones) is 1. The van der Waals surface area contributed by atoms with Crippen LogP contribution in [0.4, 0.5) is 0 Å². The maximum Gasteiger partial charge on any atom is 0.335 e. The minimum absolute atomic E-state index is 0.0622. The Hall–Kier alpha value is -4.13. The zero-order valence-corrected chi connectivity index (χ0v) is 19.4. The standard InChI is InChI=1S/C28H24O7/c1-15-3-5-16(6-4-15)12-32-27-21(29)8-18(10-24(27)31-2)25-20-11-23-22(34-14-35-23)9-17(20)7-19-13-33-28(30)26(19)25/h3-6,8-11,25,29H,7,12-14H2,1-2H3/t25-/m1/s1. The van der Waals surface area contributed by atoms with E-state index >= 15 is 0 Å². The highest BCUT2D eigenvalue weighted by Crippen LogP contribution is 2.50. The Morgan fingerprint density at radius 2 is 1.80 bits per heavy atom. The molecule has 3 aliphatic rings. The van der Waals surface area contributed by atoms with Crippen molar-refractivity contribution in [3.8, 4) is 28.7 Å². The Morgan fingerprint density at radius 1 is 1.03 bits per heavy atom. The summed E-state index contributed by atoms with van der Waals surface area (Å²) in [6.07, 6.45) is 0.602. The molecule has 0 saturated carbocycles. The average Bonchev–Trinajstić information content (AvgIpc) is 3.47. The first kappa shape index (κ1) is 21.4. The number of hydrogen-bond donors (Lipinski definition) is 1. The van der Waals surface area contributed by atoms with Gasteiger partial charge >= 0.3 is 5.97 Å². The Balaban J connectivity index is 1.41. The first-order valence-corrected chi connectivity index (χ1v) is 11.4. The molecule has 0 unspecified atom stereocenters. The van der Waals surface area contributed by atoms with Crippen molar-refractivity contribution >= 4 is 5.97 Å². The van der Waals surface area contributed by atoms with Crippen molar-refractivity contribution < 1.29 is 33.6 Å². The third-order valence-corrected chi connectivity index (χ3v) is 6.73. The highest BCUT2D eigenvalue weighted by Gasteiger charge is 2.40. The Bertz CT molecular complexity index is 1370. The molecule has 1 aliphatic carbocycles. The predicted octanol–water partition coefficient (Wildman–Crippen LogP) is 4.56. The number of aromatic hydroxyl groups is 1. The van der Waals surface area contributed by atoms with Crippen molar-refractivity contribution in [1.82, 2.24) is 0 Å². The molecule has 0 fully saturated rings. The minimum Gasteiger partial charge on any atom is -0.504 e. The molecule has 0 amide bonds. The number of esters is 1. The molecule has 7 nitrogen and oxygen atoms in total. The fourth-order valence-corrected chi connectivity index (χ4v) is 4.99. The molecule has 7 heteroatoms. The lowest BCUT2D eigenvalue weighted by atomic mass is 9.75. The van der Waals surface area contributed by atoms with Crippen molar-refractivity contribution in [2.75, 3.05) is 20.5 Å². The van der Waals surface area contributed by atoms with Crippen molar-refractivity contribution in [1.29, 1.82) is 0 Å². The molecule has 0 spiro atoms. The minimum atomic E-state index is -0.441. The number of rotatable bonds is 5. The van der Waals surface area contributed by atoms with Crippen LogP contribution in [0.2, 0.25) is 0 Å². The van der Waals surface area contributed by atoms with Crippen LogP contribution in [-0.2, 0) is 22.6 Å². The molecular formula is C28H24O7. The summed E-state index contributed by atoms with van der Waals surface area (Å²) in [7, 11) is 1.53. The molecule has 0 bridgehead atoms. The van der Waals surface area contributed by atoms with Gasteiger partial charge in [-0.05, 0) is 65.4 Å². The second kappa shape index (κ2) is 8.27. The van der Waals surface area contributed by atoms with Crippen LogP contribution in [0.1, 0.15) is 33.7 Å². The number of methoxy groups -OCH3 is 1. The van der Waals surface area contributed by atoms with Crippen molar-refractivity contribution in [3.05, 3.63) is 87.5 Å². The molecule has 1 atom stereocenters. The smallest absolute Gasteiger partial charge is 0.335 e. The summed E-state index contributed by atoms with van der Waals surface area (Å²) in [6, 6.07) is 15.3. The lowest BCUT2D eigenvalue weighted by Gasteiger charge is -2.27. The molecule has 2 aliphatic heterocycles. The van der Waals surface area contributed by atoms with Gasteiger partial charge in [-0.2, -0.15) is 0 Å². The third-order valence-electron chi connectivity index (χ3n) is 6.73. The zero-order chi connectivity index (χ0) is 24.1. The van der Waals surface area contributed by atoms with Crippen LogP contribution in [0, 0.1) is 6.92 Å². The van der Waals surface area contributed by atoms with Crippen molar-refractivity contribution in [2.45, 2.75) is 25.9 Å². The molecule has 2 heterocycles. The highest BCUT2D eigenvalue weighted by molar-refractivity contribution is 5.95. The fourth-order valence-electron chi connectivity index (χ4n) is 4.99. The summed E-state index contributed by atoms with van der Waals surface area (Å²) in [6.45, 7) is 2.73. The number of phenols is 1. The van der Waals surface area contributed by atoms with E-state index in [1.165, 1.54) is 7.11 Å². The van der Waals surface area contributed by atoms with E-state index in [0.717, 1.165) is 27.8 Å². The van der Waals surface area contributed by atoms with E-state index < -0.39 is 5.92 Å². The third kappa shape index (κ3) is 3.64. The first-order valence-electron chi connectivity index (χ1n) is 11.4. The number of fused-ring (bicyclic) bond motifs is 2. The van der Waals surface area contributed by atoms with E-state index in [-0.39, 0.29) is 37.5 Å². The van der Waals surface area contributed by atoms with E-state index in [4.69, 9.17) is 23.7 Å². The maximum absolute atomic E-state index is 12.8. The Morgan fingerprint density at radius 3 is 2.57 bits per heavy atom. The Kier molecular flexibility index (Phi) is 5.06. The van der Waals surface area contributed by atoms with Crippen LogP contribution in [0.5, 0.6) is 28.7 Å². The van der Waals surface area contributed by atoms with Gasteiger partial charge in [0.1, 0.15) is 13.2 Å². The number of aryl methyl sites for hydroxylation is 1. The molecule has 35 heavy (non-hydrogen) atoms. The van der Waals surface area contributed by atoms with E-state index in [9.17, 15) is 9.90 Å². The van der Waals surface area contributed by atoms with Gasteiger partial charge in [0.15, 0.2) is 23.0 Å². The molecular weight excluding hydrogens is 448 g/mol. The normalized spacial score (nSPS) is 17.7. The SMILES string of the molecule is COc1cc([C@H]2C3=C(COC3=O)Cc3cc4c(cc32)OCO4)cc(O)c1OCc1ccc(C)cc1. The van der Waals surface area contributed by atoms with Crippen LogP contribution in [0.25, 0.3) is 0 Å². The number of phenolic OH excluding ortho intramolecular Hbond substituents is 1. The fraction of sp³-hybridized carbons (Fsp3) is 0.250. The average molecular weight is 472 g/mol. The van der Waals surface area contributed by atoms with E-state index in [1.54, 1.807) is 6.07 Å². The van der Waals surface area contributed by atoms with Crippen LogP contribution in [-0.4, -0.2) is 31.6 Å². The number of carbonyl (C=O) groups is 1. The summed E-state index contributed by atoms with van der Waals surface area (Å²) in [5, 5.41) is 11.0. The van der Waals surface area contributed by atoms with E-state index in [0.29, 0.717) is 34.8 Å². The molecule has 0 aromatic heterocycles. The first-order chi connectivity index (χ1) is 17.0. The van der Waals surface area contributed by atoms with Gasteiger partial charge in [0.25, 0.3) is 0 Å². The molecule has 3 aromatic rings. The van der Waals surface area contributed by atoms with Gasteiger partial charge in [-0.3, -0.25) is 0 Å². The summed E-state index contributed by atoms with van der Waals surface area (Å²) >= 11 is 0. The number of hydrogen-bond acceptors (Lipinski definition) is 7. The van der Waals surface area contributed by atoms with E-state index in [1.807, 2.05) is 49.4 Å². The predicted molar refractivity (Wildman–Crippen MR) is 126 cm³/mol. The van der Waals surface area contributed by atoms with Gasteiger partial charge in [-0.25, -0.2) is 4.79 Å². The topological polar surface area (TPSA) is 83.5 Å². The second-order valence-electron chi connectivity index (χ2n) is 8.95. The molecule has 1 N–H and O–H groups in total. The van der Waals surface area contributed by atoms with Crippen LogP contribution in [0.3, 0.4) is 0 Å². The van der Waals surface area contributed by atoms with Crippen LogP contribution >= 0.6 is 0 Å². The van der Waals surface area contributed by atoms with Crippen LogP contribution < -0.4 is 18.9 Å². The second-order valence-corrected chi connectivity index (χ2v) is 8.95. The zero-order valence-electron chi connectivity index (χ0n) is 19.4. The highest BCUT2D eigenvalue weighted by atomic mass is 16.7. The monoisotopic (exact) mass is 472 g/mol. The van der Waals surface area contributed by atoms with Crippen molar-refractivity contribution in [2.24, 2.45) is 0 Å². The van der Waals surface area contributed by atoms with E-state index in [2.05, 4.69) is 0 Å². The molecule has 0 radical (unpaired) electrons. The van der Waals surface area contributed by atoms with Gasteiger partial charge in [-0.15, -0.1) is 0 Å². The summed E-state index contributed by atoms with van der Waals surface area (Å²) < 4.78 is 28.1. The summed E-state index contributed by atoms with van der Waals surface area (Å²) in [5.41, 5.74) is 6.33. The quantitative estimate of drug-likeness (QED) is 0.545. The summed E-state index contributed by atoms with van der Waals surface area (Å²) in [4.78, 5) is 12.8. The maximum atomic E-state index is 12.8. The molecule has 6 rings (SSSR count).